The molecule has 1 saturated heterocycles. The highest BCUT2D eigenvalue weighted by molar-refractivity contribution is 5.93. The van der Waals surface area contributed by atoms with Crippen LogP contribution in [-0.2, 0) is 4.74 Å². The van der Waals surface area contributed by atoms with Crippen LogP contribution in [0.5, 0.6) is 0 Å². The van der Waals surface area contributed by atoms with Crippen molar-refractivity contribution in [1.29, 1.82) is 0 Å². The lowest BCUT2D eigenvalue weighted by Crippen LogP contribution is -2.44. The second-order valence-corrected chi connectivity index (χ2v) is 6.43. The number of rotatable bonds is 3. The quantitative estimate of drug-likeness (QED) is 0.786. The Morgan fingerprint density at radius 3 is 2.85 bits per heavy atom. The van der Waals surface area contributed by atoms with Crippen LogP contribution in [0, 0.1) is 13.8 Å². The summed E-state index contributed by atoms with van der Waals surface area (Å²) in [4.78, 5) is 19.4. The van der Waals surface area contributed by atoms with Crippen LogP contribution in [0.25, 0.3) is 5.69 Å². The van der Waals surface area contributed by atoms with E-state index in [9.17, 15) is 4.79 Å². The zero-order valence-electron chi connectivity index (χ0n) is 14.8. The first-order valence-corrected chi connectivity index (χ1v) is 8.64. The maximum absolute atomic E-state index is 13.2. The number of aryl methyl sites for hydroxylation is 2. The predicted molar refractivity (Wildman–Crippen MR) is 96.2 cm³/mol. The third kappa shape index (κ3) is 2.90. The predicted octanol–water partition coefficient (Wildman–Crippen LogP) is 2.43. The third-order valence-electron chi connectivity index (χ3n) is 4.77. The van der Waals surface area contributed by atoms with Crippen LogP contribution in [0.2, 0.25) is 0 Å². The van der Waals surface area contributed by atoms with E-state index in [1.54, 1.807) is 6.20 Å². The lowest BCUT2D eigenvalue weighted by atomic mass is 10.0. The van der Waals surface area contributed by atoms with Crippen molar-refractivity contribution in [2.45, 2.75) is 19.9 Å². The van der Waals surface area contributed by atoms with Crippen LogP contribution in [0.15, 0.2) is 42.9 Å². The van der Waals surface area contributed by atoms with Gasteiger partial charge in [0.05, 0.1) is 24.9 Å². The van der Waals surface area contributed by atoms with Gasteiger partial charge in [-0.15, -0.1) is 0 Å². The first kappa shape index (κ1) is 16.5. The summed E-state index contributed by atoms with van der Waals surface area (Å²) in [5, 5.41) is 7.27. The van der Waals surface area contributed by atoms with Gasteiger partial charge in [-0.25, -0.2) is 0 Å². The molecule has 1 aliphatic rings. The van der Waals surface area contributed by atoms with E-state index in [2.05, 4.69) is 15.2 Å². The fraction of sp³-hybridized carbons (Fsp3) is 0.316. The highest BCUT2D eigenvalue weighted by Crippen LogP contribution is 2.29. The van der Waals surface area contributed by atoms with E-state index in [-0.39, 0.29) is 11.9 Å². The summed E-state index contributed by atoms with van der Waals surface area (Å²) >= 11 is 0. The second kappa shape index (κ2) is 6.76. The molecule has 0 aromatic carbocycles. The van der Waals surface area contributed by atoms with Gasteiger partial charge in [0.15, 0.2) is 0 Å². The van der Waals surface area contributed by atoms with Crippen LogP contribution in [0.1, 0.15) is 33.5 Å². The molecule has 7 nitrogen and oxygen atoms in total. The molecule has 0 radical (unpaired) electrons. The summed E-state index contributed by atoms with van der Waals surface area (Å²) in [7, 11) is 0. The molecule has 1 atom stereocenters. The lowest BCUT2D eigenvalue weighted by Gasteiger charge is -2.35. The monoisotopic (exact) mass is 351 g/mol. The SMILES string of the molecule is Cc1n[nH]c(C)c1C1COCCN1C(=O)c1cc(-n2cccc2)ccn1. The Bertz CT molecular complexity index is 896. The van der Waals surface area contributed by atoms with Gasteiger partial charge in [-0.1, -0.05) is 0 Å². The number of hydrogen-bond acceptors (Lipinski definition) is 4. The molecule has 26 heavy (non-hydrogen) atoms. The number of aromatic nitrogens is 4. The number of nitrogens with zero attached hydrogens (tertiary/aromatic N) is 4. The summed E-state index contributed by atoms with van der Waals surface area (Å²) in [5.74, 6) is -0.0905. The molecule has 0 bridgehead atoms. The van der Waals surface area contributed by atoms with Gasteiger partial charge < -0.3 is 14.2 Å². The van der Waals surface area contributed by atoms with E-state index in [0.717, 1.165) is 22.6 Å². The first-order chi connectivity index (χ1) is 12.6. The third-order valence-corrected chi connectivity index (χ3v) is 4.77. The summed E-state index contributed by atoms with van der Waals surface area (Å²) in [6, 6.07) is 7.45. The fourth-order valence-electron chi connectivity index (χ4n) is 3.49. The summed E-state index contributed by atoms with van der Waals surface area (Å²) in [5.41, 5.74) is 4.23. The largest absolute Gasteiger partial charge is 0.377 e. The first-order valence-electron chi connectivity index (χ1n) is 8.64. The topological polar surface area (TPSA) is 76.0 Å². The normalized spacial score (nSPS) is 17.5. The molecular formula is C19H21N5O2. The van der Waals surface area contributed by atoms with Crippen molar-refractivity contribution in [3.8, 4) is 5.69 Å². The molecule has 1 N–H and O–H groups in total. The van der Waals surface area contributed by atoms with E-state index < -0.39 is 0 Å². The van der Waals surface area contributed by atoms with Crippen molar-refractivity contribution in [3.05, 3.63) is 65.5 Å². The molecule has 0 spiro atoms. The standard InChI is InChI=1S/C19H21N5O2/c1-13-18(14(2)22-21-13)17-12-26-10-9-24(17)19(25)16-11-15(5-6-20-16)23-7-3-4-8-23/h3-8,11,17H,9-10,12H2,1-2H3,(H,21,22). The number of aromatic amines is 1. The van der Waals surface area contributed by atoms with Crippen LogP contribution < -0.4 is 0 Å². The Morgan fingerprint density at radius 2 is 2.12 bits per heavy atom. The van der Waals surface area contributed by atoms with Gasteiger partial charge in [-0.3, -0.25) is 14.9 Å². The average Bonchev–Trinajstić information content (AvgIpc) is 3.32. The average molecular weight is 351 g/mol. The number of amides is 1. The summed E-state index contributed by atoms with van der Waals surface area (Å²) < 4.78 is 7.61. The van der Waals surface area contributed by atoms with E-state index in [1.807, 2.05) is 60.0 Å². The minimum atomic E-state index is -0.160. The van der Waals surface area contributed by atoms with Crippen LogP contribution >= 0.6 is 0 Å². The van der Waals surface area contributed by atoms with E-state index in [4.69, 9.17) is 4.74 Å². The van der Waals surface area contributed by atoms with E-state index in [1.165, 1.54) is 0 Å². The van der Waals surface area contributed by atoms with Crippen LogP contribution in [0.4, 0.5) is 0 Å². The van der Waals surface area contributed by atoms with Gasteiger partial charge >= 0.3 is 0 Å². The smallest absolute Gasteiger partial charge is 0.273 e. The zero-order chi connectivity index (χ0) is 18.1. The van der Waals surface area contributed by atoms with Gasteiger partial charge in [0, 0.05) is 42.1 Å². The van der Waals surface area contributed by atoms with Crippen molar-refractivity contribution in [3.63, 3.8) is 0 Å². The van der Waals surface area contributed by atoms with Crippen molar-refractivity contribution in [2.24, 2.45) is 0 Å². The molecule has 134 valence electrons. The van der Waals surface area contributed by atoms with Gasteiger partial charge in [-0.05, 0) is 38.1 Å². The van der Waals surface area contributed by atoms with Gasteiger partial charge in [-0.2, -0.15) is 5.10 Å². The second-order valence-electron chi connectivity index (χ2n) is 6.43. The molecule has 1 amide bonds. The maximum Gasteiger partial charge on any atom is 0.273 e. The van der Waals surface area contributed by atoms with Crippen molar-refractivity contribution in [1.82, 2.24) is 24.6 Å². The number of H-pyrrole nitrogens is 1. The minimum absolute atomic E-state index is 0.0905. The molecule has 1 aliphatic heterocycles. The van der Waals surface area contributed by atoms with Crippen LogP contribution in [-0.4, -0.2) is 50.3 Å². The van der Waals surface area contributed by atoms with Crippen molar-refractivity contribution >= 4 is 5.91 Å². The highest BCUT2D eigenvalue weighted by atomic mass is 16.5. The fourth-order valence-corrected chi connectivity index (χ4v) is 3.49. The Balaban J connectivity index is 1.67. The Labute approximate surface area is 151 Å². The minimum Gasteiger partial charge on any atom is -0.377 e. The number of carbonyl (C=O) groups excluding carboxylic acids is 1. The van der Waals surface area contributed by atoms with Crippen molar-refractivity contribution in [2.75, 3.05) is 19.8 Å². The van der Waals surface area contributed by atoms with Crippen molar-refractivity contribution < 1.29 is 9.53 Å². The van der Waals surface area contributed by atoms with Gasteiger partial charge in [0.25, 0.3) is 5.91 Å². The van der Waals surface area contributed by atoms with Gasteiger partial charge in [0.2, 0.25) is 0 Å². The summed E-state index contributed by atoms with van der Waals surface area (Å²) in [6.45, 7) is 5.43. The summed E-state index contributed by atoms with van der Waals surface area (Å²) in [6.07, 6.45) is 5.56. The molecule has 4 rings (SSSR count). The molecule has 1 unspecified atom stereocenters. The van der Waals surface area contributed by atoms with E-state index in [0.29, 0.717) is 25.5 Å². The molecule has 0 saturated carbocycles. The zero-order valence-corrected chi connectivity index (χ0v) is 14.8. The number of carbonyl (C=O) groups is 1. The number of pyridine rings is 1. The maximum atomic E-state index is 13.2. The Morgan fingerprint density at radius 1 is 1.31 bits per heavy atom. The van der Waals surface area contributed by atoms with Crippen LogP contribution in [0.3, 0.4) is 0 Å². The molecule has 1 fully saturated rings. The molecule has 0 aliphatic carbocycles. The number of nitrogens with one attached hydrogen (secondary N) is 1. The number of morpholine rings is 1. The molecule has 3 aromatic heterocycles. The molecule has 4 heterocycles. The number of hydrogen-bond donors (Lipinski definition) is 1. The Hall–Kier alpha value is -2.93. The lowest BCUT2D eigenvalue weighted by molar-refractivity contribution is -0.00332. The molecular weight excluding hydrogens is 330 g/mol. The van der Waals surface area contributed by atoms with E-state index >= 15 is 0 Å². The molecule has 7 heteroatoms. The number of ether oxygens (including phenoxy) is 1. The Kier molecular flexibility index (Phi) is 4.30. The molecule has 3 aromatic rings. The van der Waals surface area contributed by atoms with Gasteiger partial charge in [0.1, 0.15) is 5.69 Å². The highest BCUT2D eigenvalue weighted by Gasteiger charge is 2.33.